The molecule has 36 heavy (non-hydrogen) atoms. The first-order valence-corrected chi connectivity index (χ1v) is 13.0. The van der Waals surface area contributed by atoms with Crippen molar-refractivity contribution in [1.29, 1.82) is 0 Å². The average molecular weight is 499 g/mol. The van der Waals surface area contributed by atoms with E-state index in [0.717, 1.165) is 44.7 Å². The first-order chi connectivity index (χ1) is 17.5. The lowest BCUT2D eigenvalue weighted by atomic mass is 9.95. The number of imidazole rings is 1. The summed E-state index contributed by atoms with van der Waals surface area (Å²) in [5.74, 6) is 1.42. The van der Waals surface area contributed by atoms with E-state index in [-0.39, 0.29) is 24.3 Å². The van der Waals surface area contributed by atoms with E-state index >= 15 is 0 Å². The SMILES string of the molecule is CCC[C@H]1NC(=O)c2cccnc2OCCOCCN(Cc2nccn2C)CC2CCN(CC2)C1=O. The lowest BCUT2D eigenvalue weighted by Crippen LogP contribution is -2.51. The van der Waals surface area contributed by atoms with Gasteiger partial charge in [0, 0.05) is 51.8 Å². The molecule has 1 N–H and O–H groups in total. The number of nitrogens with zero attached hydrogens (tertiary/aromatic N) is 5. The fourth-order valence-electron chi connectivity index (χ4n) is 4.86. The molecule has 196 valence electrons. The van der Waals surface area contributed by atoms with Gasteiger partial charge in [-0.25, -0.2) is 9.97 Å². The number of carbonyl (C=O) groups excluding carboxylic acids is 2. The average Bonchev–Trinajstić information content (AvgIpc) is 3.29. The molecule has 3 aliphatic heterocycles. The zero-order chi connectivity index (χ0) is 25.3. The maximum atomic E-state index is 13.4. The molecule has 5 heterocycles. The summed E-state index contributed by atoms with van der Waals surface area (Å²) in [5.41, 5.74) is 0.326. The molecule has 1 fully saturated rings. The van der Waals surface area contributed by atoms with Crippen LogP contribution in [0.25, 0.3) is 0 Å². The summed E-state index contributed by atoms with van der Waals surface area (Å²) in [4.78, 5) is 39.5. The van der Waals surface area contributed by atoms with E-state index in [4.69, 9.17) is 9.47 Å². The minimum absolute atomic E-state index is 0.00519. The van der Waals surface area contributed by atoms with Crippen molar-refractivity contribution in [2.45, 2.75) is 45.2 Å². The minimum Gasteiger partial charge on any atom is -0.475 e. The lowest BCUT2D eigenvalue weighted by Gasteiger charge is -2.36. The summed E-state index contributed by atoms with van der Waals surface area (Å²) < 4.78 is 13.7. The molecule has 0 aliphatic carbocycles. The zero-order valence-electron chi connectivity index (χ0n) is 21.4. The molecule has 2 aromatic rings. The summed E-state index contributed by atoms with van der Waals surface area (Å²) in [7, 11) is 2.01. The maximum absolute atomic E-state index is 13.4. The second kappa shape index (κ2) is 12.8. The van der Waals surface area contributed by atoms with Crippen molar-refractivity contribution in [3.8, 4) is 5.88 Å². The highest BCUT2D eigenvalue weighted by Gasteiger charge is 2.30. The molecular weight excluding hydrogens is 460 g/mol. The molecule has 1 saturated heterocycles. The highest BCUT2D eigenvalue weighted by molar-refractivity contribution is 5.99. The van der Waals surface area contributed by atoms with Crippen LogP contribution in [0, 0.1) is 5.92 Å². The van der Waals surface area contributed by atoms with Gasteiger partial charge in [-0.3, -0.25) is 14.5 Å². The third-order valence-electron chi connectivity index (χ3n) is 6.94. The molecule has 2 bridgehead atoms. The highest BCUT2D eigenvalue weighted by atomic mass is 16.5. The van der Waals surface area contributed by atoms with Crippen molar-refractivity contribution in [3.05, 3.63) is 42.1 Å². The van der Waals surface area contributed by atoms with Gasteiger partial charge in [-0.1, -0.05) is 13.3 Å². The quantitative estimate of drug-likeness (QED) is 0.642. The predicted octanol–water partition coefficient (Wildman–Crippen LogP) is 1.86. The number of rotatable bonds is 4. The van der Waals surface area contributed by atoms with Gasteiger partial charge >= 0.3 is 0 Å². The fourth-order valence-corrected chi connectivity index (χ4v) is 4.86. The molecule has 0 saturated carbocycles. The van der Waals surface area contributed by atoms with Crippen LogP contribution in [0.3, 0.4) is 0 Å². The Morgan fingerprint density at radius 1 is 1.08 bits per heavy atom. The van der Waals surface area contributed by atoms with Crippen LogP contribution < -0.4 is 10.1 Å². The Kier molecular flexibility index (Phi) is 9.29. The fraction of sp³-hybridized carbons (Fsp3) is 0.615. The Labute approximate surface area is 213 Å². The number of ether oxygens (including phenoxy) is 2. The van der Waals surface area contributed by atoms with Crippen LogP contribution in [0.1, 0.15) is 48.8 Å². The van der Waals surface area contributed by atoms with Gasteiger partial charge in [0.1, 0.15) is 24.0 Å². The monoisotopic (exact) mass is 498 g/mol. The van der Waals surface area contributed by atoms with Gasteiger partial charge in [-0.15, -0.1) is 0 Å². The van der Waals surface area contributed by atoms with Crippen molar-refractivity contribution in [3.63, 3.8) is 0 Å². The van der Waals surface area contributed by atoms with Gasteiger partial charge in [0.15, 0.2) is 0 Å². The molecule has 0 radical (unpaired) electrons. The number of hydrogen-bond acceptors (Lipinski definition) is 7. The van der Waals surface area contributed by atoms with Crippen LogP contribution in [-0.4, -0.2) is 88.2 Å². The molecule has 2 aromatic heterocycles. The number of piperidine rings is 1. The van der Waals surface area contributed by atoms with Gasteiger partial charge in [0.25, 0.3) is 5.91 Å². The van der Waals surface area contributed by atoms with E-state index in [9.17, 15) is 9.59 Å². The first-order valence-electron chi connectivity index (χ1n) is 13.0. The Morgan fingerprint density at radius 3 is 2.67 bits per heavy atom. The maximum Gasteiger partial charge on any atom is 0.257 e. The molecule has 0 unspecified atom stereocenters. The van der Waals surface area contributed by atoms with Gasteiger partial charge in [0.2, 0.25) is 11.8 Å². The van der Waals surface area contributed by atoms with E-state index in [1.165, 1.54) is 0 Å². The third-order valence-corrected chi connectivity index (χ3v) is 6.94. The van der Waals surface area contributed by atoms with Crippen molar-refractivity contribution in [2.75, 3.05) is 46.0 Å². The Hall–Kier alpha value is -2.98. The molecular formula is C26H38N6O4. The molecule has 10 heteroatoms. The van der Waals surface area contributed by atoms with E-state index < -0.39 is 6.04 Å². The number of hydrogen-bond donors (Lipinski definition) is 1. The number of pyridine rings is 1. The van der Waals surface area contributed by atoms with Crippen LogP contribution >= 0.6 is 0 Å². The van der Waals surface area contributed by atoms with Gasteiger partial charge in [-0.05, 0) is 37.3 Å². The summed E-state index contributed by atoms with van der Waals surface area (Å²) in [5, 5.41) is 2.95. The molecule has 3 aliphatic rings. The Bertz CT molecular complexity index is 1000. The second-order valence-corrected chi connectivity index (χ2v) is 9.59. The smallest absolute Gasteiger partial charge is 0.257 e. The van der Waals surface area contributed by atoms with Crippen LogP contribution in [0.2, 0.25) is 0 Å². The van der Waals surface area contributed by atoms with Crippen molar-refractivity contribution in [1.82, 2.24) is 29.7 Å². The number of aryl methyl sites for hydroxylation is 1. The van der Waals surface area contributed by atoms with Gasteiger partial charge in [0.05, 0.1) is 19.8 Å². The summed E-state index contributed by atoms with van der Waals surface area (Å²) in [6, 6.07) is 2.81. The standard InChI is InChI=1S/C26H38N6O4/c1-3-5-22-26(34)32-11-7-20(8-12-32)18-31(19-23-27-10-13-30(23)2)14-15-35-16-17-36-25-21(24(33)29-22)6-4-9-28-25/h4,6,9-10,13,20,22H,3,5,7-8,11-12,14-19H2,1-2H3,(H,29,33)/t22-/m1/s1. The molecule has 0 spiro atoms. The molecule has 10 nitrogen and oxygen atoms in total. The Morgan fingerprint density at radius 2 is 1.92 bits per heavy atom. The Balaban J connectivity index is 1.50. The lowest BCUT2D eigenvalue weighted by molar-refractivity contribution is -0.135. The number of amides is 2. The second-order valence-electron chi connectivity index (χ2n) is 9.59. The van der Waals surface area contributed by atoms with E-state index in [1.807, 2.05) is 35.8 Å². The van der Waals surface area contributed by atoms with Gasteiger partial charge in [-0.2, -0.15) is 0 Å². The van der Waals surface area contributed by atoms with Crippen LogP contribution in [-0.2, 0) is 23.1 Å². The number of fused-ring (bicyclic) bond motifs is 12. The van der Waals surface area contributed by atoms with E-state index in [1.54, 1.807) is 18.3 Å². The number of nitrogens with one attached hydrogen (secondary N) is 1. The highest BCUT2D eigenvalue weighted by Crippen LogP contribution is 2.21. The first kappa shape index (κ1) is 26.1. The third kappa shape index (κ3) is 6.82. The van der Waals surface area contributed by atoms with Crippen molar-refractivity contribution < 1.29 is 19.1 Å². The van der Waals surface area contributed by atoms with Gasteiger partial charge < -0.3 is 24.3 Å². The van der Waals surface area contributed by atoms with Crippen molar-refractivity contribution >= 4 is 11.8 Å². The normalized spacial score (nSPS) is 22.9. The topological polar surface area (TPSA) is 102 Å². The zero-order valence-corrected chi connectivity index (χ0v) is 21.4. The molecule has 2 amide bonds. The van der Waals surface area contributed by atoms with E-state index in [0.29, 0.717) is 44.2 Å². The molecule has 0 aromatic carbocycles. The van der Waals surface area contributed by atoms with Crippen LogP contribution in [0.5, 0.6) is 5.88 Å². The summed E-state index contributed by atoms with van der Waals surface area (Å²) in [6.45, 7) is 7.13. The van der Waals surface area contributed by atoms with E-state index in [2.05, 4.69) is 20.2 Å². The summed E-state index contributed by atoms with van der Waals surface area (Å²) in [6.07, 6.45) is 8.65. The minimum atomic E-state index is -0.561. The van der Waals surface area contributed by atoms with Crippen LogP contribution in [0.4, 0.5) is 0 Å². The summed E-state index contributed by atoms with van der Waals surface area (Å²) >= 11 is 0. The van der Waals surface area contributed by atoms with Crippen LogP contribution in [0.15, 0.2) is 30.7 Å². The predicted molar refractivity (Wildman–Crippen MR) is 135 cm³/mol. The molecule has 5 rings (SSSR count). The number of aromatic nitrogens is 3. The molecule has 1 atom stereocenters. The van der Waals surface area contributed by atoms with Crippen molar-refractivity contribution in [2.24, 2.45) is 13.0 Å². The largest absolute Gasteiger partial charge is 0.475 e. The number of carbonyl (C=O) groups is 2.